The molecule has 35 heavy (non-hydrogen) atoms. The van der Waals surface area contributed by atoms with Gasteiger partial charge in [0.2, 0.25) is 0 Å². The smallest absolute Gasteiger partial charge is 0.310 e. The highest BCUT2D eigenvalue weighted by Crippen LogP contribution is 2.37. The second kappa shape index (κ2) is 9.36. The lowest BCUT2D eigenvalue weighted by molar-refractivity contribution is -0.385. The number of likely N-dealkylation sites (tertiary alicyclic amines) is 1. The monoisotopic (exact) mass is 474 g/mol. The molecule has 0 aromatic heterocycles. The molecule has 0 radical (unpaired) electrons. The third-order valence-electron chi connectivity index (χ3n) is 6.67. The van der Waals surface area contributed by atoms with E-state index in [9.17, 15) is 20.0 Å². The molecule has 5 rings (SSSR count). The van der Waals surface area contributed by atoms with Gasteiger partial charge in [-0.1, -0.05) is 12.1 Å². The molecule has 1 amide bonds. The Morgan fingerprint density at radius 3 is 2.63 bits per heavy atom. The molecule has 9 nitrogen and oxygen atoms in total. The zero-order valence-corrected chi connectivity index (χ0v) is 19.3. The molecule has 2 aliphatic rings. The van der Waals surface area contributed by atoms with Gasteiger partial charge in [0.15, 0.2) is 5.75 Å². The van der Waals surface area contributed by atoms with Gasteiger partial charge in [0.05, 0.1) is 41.3 Å². The number of hydrogen-bond acceptors (Lipinski definition) is 7. The van der Waals surface area contributed by atoms with Crippen LogP contribution in [-0.4, -0.2) is 47.1 Å². The van der Waals surface area contributed by atoms with Crippen molar-refractivity contribution in [2.24, 2.45) is 0 Å². The predicted molar refractivity (Wildman–Crippen MR) is 133 cm³/mol. The molecule has 2 aliphatic heterocycles. The number of rotatable bonds is 6. The third-order valence-corrected chi connectivity index (χ3v) is 6.67. The SMILES string of the molecule is COc1cc(-c2ccc3c(c2)Nc2ccc(CN4CCC[C@@H]4CO)cc2NC3=O)ccc1[N+](=O)[O-]. The van der Waals surface area contributed by atoms with Crippen LogP contribution in [0.1, 0.15) is 28.8 Å². The van der Waals surface area contributed by atoms with Crippen LogP contribution in [-0.2, 0) is 6.54 Å². The zero-order chi connectivity index (χ0) is 24.5. The number of aliphatic hydroxyl groups excluding tert-OH is 1. The van der Waals surface area contributed by atoms with Crippen molar-refractivity contribution in [2.75, 3.05) is 30.9 Å². The van der Waals surface area contributed by atoms with Gasteiger partial charge in [-0.05, 0) is 72.5 Å². The Hall–Kier alpha value is -3.95. The number of benzene rings is 3. The lowest BCUT2D eigenvalue weighted by Gasteiger charge is -2.23. The fourth-order valence-electron chi connectivity index (χ4n) is 4.81. The summed E-state index contributed by atoms with van der Waals surface area (Å²) in [7, 11) is 1.40. The van der Waals surface area contributed by atoms with E-state index in [2.05, 4.69) is 15.5 Å². The average Bonchev–Trinajstić information content (AvgIpc) is 3.26. The average molecular weight is 475 g/mol. The molecule has 1 saturated heterocycles. The molecule has 0 aliphatic carbocycles. The van der Waals surface area contributed by atoms with E-state index >= 15 is 0 Å². The van der Waals surface area contributed by atoms with Crippen molar-refractivity contribution in [1.29, 1.82) is 0 Å². The summed E-state index contributed by atoms with van der Waals surface area (Å²) in [5.41, 5.74) is 5.11. The number of aliphatic hydroxyl groups is 1. The first-order chi connectivity index (χ1) is 17.0. The Balaban J connectivity index is 1.44. The molecule has 3 aromatic carbocycles. The number of anilines is 3. The van der Waals surface area contributed by atoms with Crippen molar-refractivity contribution in [3.05, 3.63) is 75.8 Å². The Bertz CT molecular complexity index is 1310. The maximum Gasteiger partial charge on any atom is 0.310 e. The van der Waals surface area contributed by atoms with Crippen molar-refractivity contribution in [2.45, 2.75) is 25.4 Å². The van der Waals surface area contributed by atoms with Crippen molar-refractivity contribution >= 4 is 28.7 Å². The van der Waals surface area contributed by atoms with Crippen molar-refractivity contribution in [1.82, 2.24) is 4.90 Å². The number of hydrogen-bond donors (Lipinski definition) is 3. The molecule has 0 bridgehead atoms. The van der Waals surface area contributed by atoms with Crippen LogP contribution >= 0.6 is 0 Å². The summed E-state index contributed by atoms with van der Waals surface area (Å²) in [5.74, 6) is -0.0434. The zero-order valence-electron chi connectivity index (χ0n) is 19.3. The number of methoxy groups -OCH3 is 1. The number of nitrogens with one attached hydrogen (secondary N) is 2. The number of nitro benzene ring substituents is 1. The number of ether oxygens (including phenoxy) is 1. The van der Waals surface area contributed by atoms with Gasteiger partial charge in [-0.25, -0.2) is 0 Å². The number of nitro groups is 1. The van der Waals surface area contributed by atoms with Gasteiger partial charge in [-0.3, -0.25) is 19.8 Å². The second-order valence-corrected chi connectivity index (χ2v) is 8.81. The second-order valence-electron chi connectivity index (χ2n) is 8.81. The largest absolute Gasteiger partial charge is 0.490 e. The first kappa shape index (κ1) is 22.8. The fourth-order valence-corrected chi connectivity index (χ4v) is 4.81. The molecular weight excluding hydrogens is 448 g/mol. The van der Waals surface area contributed by atoms with Crippen LogP contribution in [0.25, 0.3) is 11.1 Å². The lowest BCUT2D eigenvalue weighted by Crippen LogP contribution is -2.31. The Kier molecular flexibility index (Phi) is 6.10. The van der Waals surface area contributed by atoms with E-state index in [1.165, 1.54) is 13.2 Å². The topological polar surface area (TPSA) is 117 Å². The summed E-state index contributed by atoms with van der Waals surface area (Å²) >= 11 is 0. The van der Waals surface area contributed by atoms with Crippen molar-refractivity contribution in [3.8, 4) is 16.9 Å². The number of carbonyl (C=O) groups excluding carboxylic acids is 1. The van der Waals surface area contributed by atoms with Gasteiger partial charge in [-0.2, -0.15) is 0 Å². The van der Waals surface area contributed by atoms with Crippen LogP contribution in [0.4, 0.5) is 22.7 Å². The highest BCUT2D eigenvalue weighted by Gasteiger charge is 2.25. The quantitative estimate of drug-likeness (QED) is 0.355. The van der Waals surface area contributed by atoms with E-state index in [1.54, 1.807) is 18.2 Å². The molecule has 3 N–H and O–H groups in total. The molecule has 0 saturated carbocycles. The van der Waals surface area contributed by atoms with Gasteiger partial charge in [0.25, 0.3) is 5.91 Å². The van der Waals surface area contributed by atoms with Gasteiger partial charge in [-0.15, -0.1) is 0 Å². The predicted octanol–water partition coefficient (Wildman–Crippen LogP) is 4.54. The summed E-state index contributed by atoms with van der Waals surface area (Å²) in [6.45, 7) is 1.82. The molecule has 1 atom stereocenters. The maximum absolute atomic E-state index is 13.0. The summed E-state index contributed by atoms with van der Waals surface area (Å²) in [6, 6.07) is 16.2. The molecule has 0 unspecified atom stereocenters. The first-order valence-electron chi connectivity index (χ1n) is 11.5. The Morgan fingerprint density at radius 1 is 1.06 bits per heavy atom. The standard InChI is InChI=1S/C26H26N4O5/c1-35-25-13-18(6-9-24(25)30(33)34)17-5-7-20-22(12-17)27-21-8-4-16(11-23(21)28-26(20)32)14-29-10-2-3-19(29)15-31/h4-9,11-13,19,27,31H,2-3,10,14-15H2,1H3,(H,28,32)/t19-/m1/s1. The van der Waals surface area contributed by atoms with Crippen LogP contribution in [0, 0.1) is 10.1 Å². The molecule has 3 aromatic rings. The Labute approximate surface area is 202 Å². The maximum atomic E-state index is 13.0. The molecule has 1 fully saturated rings. The van der Waals surface area contributed by atoms with E-state index in [1.807, 2.05) is 30.3 Å². The minimum absolute atomic E-state index is 0.104. The van der Waals surface area contributed by atoms with Crippen LogP contribution in [0.2, 0.25) is 0 Å². The van der Waals surface area contributed by atoms with E-state index in [0.29, 0.717) is 23.5 Å². The minimum Gasteiger partial charge on any atom is -0.490 e. The summed E-state index contributed by atoms with van der Waals surface area (Å²) < 4.78 is 5.20. The van der Waals surface area contributed by atoms with E-state index in [-0.39, 0.29) is 30.0 Å². The Morgan fingerprint density at radius 2 is 1.86 bits per heavy atom. The first-order valence-corrected chi connectivity index (χ1v) is 11.5. The van der Waals surface area contributed by atoms with E-state index in [0.717, 1.165) is 41.8 Å². The number of carbonyl (C=O) groups is 1. The van der Waals surface area contributed by atoms with Crippen LogP contribution in [0.15, 0.2) is 54.6 Å². The van der Waals surface area contributed by atoms with Gasteiger partial charge in [0, 0.05) is 18.7 Å². The van der Waals surface area contributed by atoms with E-state index in [4.69, 9.17) is 4.74 Å². The van der Waals surface area contributed by atoms with Crippen molar-refractivity contribution in [3.63, 3.8) is 0 Å². The highest BCUT2D eigenvalue weighted by atomic mass is 16.6. The van der Waals surface area contributed by atoms with Gasteiger partial charge < -0.3 is 20.5 Å². The van der Waals surface area contributed by atoms with Crippen LogP contribution < -0.4 is 15.4 Å². The van der Waals surface area contributed by atoms with Crippen LogP contribution in [0.5, 0.6) is 5.75 Å². The summed E-state index contributed by atoms with van der Waals surface area (Å²) in [4.78, 5) is 26.0. The normalized spacial score (nSPS) is 17.1. The number of amides is 1. The lowest BCUT2D eigenvalue weighted by atomic mass is 10.0. The molecular formula is C26H26N4O5. The number of nitrogens with zero attached hydrogens (tertiary/aromatic N) is 2. The van der Waals surface area contributed by atoms with Gasteiger partial charge >= 0.3 is 5.69 Å². The summed E-state index contributed by atoms with van der Waals surface area (Å²) in [5, 5.41) is 27.2. The van der Waals surface area contributed by atoms with Gasteiger partial charge in [0.1, 0.15) is 0 Å². The van der Waals surface area contributed by atoms with Crippen molar-refractivity contribution < 1.29 is 19.6 Å². The van der Waals surface area contributed by atoms with E-state index < -0.39 is 4.92 Å². The third kappa shape index (κ3) is 4.43. The molecule has 0 spiro atoms. The highest BCUT2D eigenvalue weighted by molar-refractivity contribution is 6.12. The molecule has 2 heterocycles. The van der Waals surface area contributed by atoms with Crippen LogP contribution in [0.3, 0.4) is 0 Å². The molecule has 9 heteroatoms. The minimum atomic E-state index is -0.482. The fraction of sp³-hybridized carbons (Fsp3) is 0.269. The molecule has 180 valence electrons. The summed E-state index contributed by atoms with van der Waals surface area (Å²) in [6.07, 6.45) is 2.07. The number of fused-ring (bicyclic) bond motifs is 2.